The van der Waals surface area contributed by atoms with Crippen LogP contribution in [-0.4, -0.2) is 65.1 Å². The molecule has 0 bridgehead atoms. The molecule has 0 aliphatic carbocycles. The quantitative estimate of drug-likeness (QED) is 0.475. The van der Waals surface area contributed by atoms with Crippen molar-refractivity contribution in [2.24, 2.45) is 4.99 Å². The molecule has 0 unspecified atom stereocenters. The van der Waals surface area contributed by atoms with Crippen molar-refractivity contribution in [3.63, 3.8) is 0 Å². The van der Waals surface area contributed by atoms with Crippen molar-refractivity contribution in [3.05, 3.63) is 0 Å². The number of nitrogens with zero attached hydrogens (tertiary/aromatic N) is 1. The van der Waals surface area contributed by atoms with Gasteiger partial charge in [0.25, 0.3) is 6.02 Å². The van der Waals surface area contributed by atoms with E-state index in [1.54, 1.807) is 0 Å². The van der Waals surface area contributed by atoms with Crippen LogP contribution < -0.4 is 5.32 Å². The summed E-state index contributed by atoms with van der Waals surface area (Å²) in [6.45, 7) is 2.51. The minimum atomic E-state index is -1.16. The van der Waals surface area contributed by atoms with Crippen molar-refractivity contribution in [3.8, 4) is 0 Å². The molecule has 0 amide bonds. The van der Waals surface area contributed by atoms with Crippen LogP contribution in [0.25, 0.3) is 0 Å². The molecule has 2 rings (SSSR count). The lowest BCUT2D eigenvalue weighted by Crippen LogP contribution is -2.59. The maximum absolute atomic E-state index is 10.00. The molecule has 2 saturated heterocycles. The van der Waals surface area contributed by atoms with Gasteiger partial charge in [0.2, 0.25) is 0 Å². The highest BCUT2D eigenvalue weighted by Crippen LogP contribution is 2.25. The van der Waals surface area contributed by atoms with Crippen LogP contribution in [-0.2, 0) is 9.47 Å². The molecule has 2 fully saturated rings. The molecule has 7 heteroatoms. The fourth-order valence-corrected chi connectivity index (χ4v) is 2.78. The first-order valence-corrected chi connectivity index (χ1v) is 8.27. The first kappa shape index (κ1) is 17.5. The van der Waals surface area contributed by atoms with E-state index in [2.05, 4.69) is 17.2 Å². The van der Waals surface area contributed by atoms with Crippen molar-refractivity contribution >= 4 is 6.02 Å². The number of amidine groups is 1. The van der Waals surface area contributed by atoms with Gasteiger partial charge in [-0.2, -0.15) is 0 Å². The minimum Gasteiger partial charge on any atom is -0.454 e. The van der Waals surface area contributed by atoms with Crippen LogP contribution in [0.15, 0.2) is 4.99 Å². The Kier molecular flexibility index (Phi) is 6.88. The van der Waals surface area contributed by atoms with Crippen LogP contribution >= 0.6 is 0 Å². The third kappa shape index (κ3) is 4.32. The molecule has 5 atom stereocenters. The van der Waals surface area contributed by atoms with E-state index in [4.69, 9.17) is 14.6 Å². The van der Waals surface area contributed by atoms with Gasteiger partial charge in [-0.25, -0.2) is 4.99 Å². The molecule has 128 valence electrons. The number of ether oxygens (including phenoxy) is 2. The number of nitrogens with one attached hydrogen (secondary N) is 1. The molecule has 0 aromatic carbocycles. The summed E-state index contributed by atoms with van der Waals surface area (Å²) >= 11 is 0. The second kappa shape index (κ2) is 8.67. The summed E-state index contributed by atoms with van der Waals surface area (Å²) in [5.74, 6) is 0. The maximum Gasteiger partial charge on any atom is 0.287 e. The molecule has 0 spiro atoms. The Morgan fingerprint density at radius 2 is 1.82 bits per heavy atom. The average molecular weight is 316 g/mol. The van der Waals surface area contributed by atoms with Crippen LogP contribution in [0, 0.1) is 0 Å². The van der Waals surface area contributed by atoms with Gasteiger partial charge in [0.05, 0.1) is 6.61 Å². The van der Waals surface area contributed by atoms with Crippen LogP contribution in [0.3, 0.4) is 0 Å². The van der Waals surface area contributed by atoms with Crippen molar-refractivity contribution in [2.45, 2.75) is 76.1 Å². The first-order chi connectivity index (χ1) is 10.7. The molecule has 2 heterocycles. The van der Waals surface area contributed by atoms with Crippen LogP contribution in [0.1, 0.15) is 45.4 Å². The molecule has 22 heavy (non-hydrogen) atoms. The molecular weight excluding hydrogens is 288 g/mol. The summed E-state index contributed by atoms with van der Waals surface area (Å²) in [5.41, 5.74) is 0. The molecule has 4 N–H and O–H groups in total. The summed E-state index contributed by atoms with van der Waals surface area (Å²) in [7, 11) is 0. The Bertz CT molecular complexity index is 366. The van der Waals surface area contributed by atoms with E-state index in [1.807, 2.05) is 0 Å². The summed E-state index contributed by atoms with van der Waals surface area (Å²) in [4.78, 5) is 4.32. The lowest BCUT2D eigenvalue weighted by atomic mass is 9.99. The standard InChI is InChI=1S/C15H28N2O5/c1-2-3-4-5-6-7-8-16-15-17-14-13(22-15)12(20)11(19)10(9-18)21-14/h10-14,18-20H,2-9H2,1H3,(H,16,17)/t10-,11-,12+,13-,14-/m1/s1. The first-order valence-electron chi connectivity index (χ1n) is 8.27. The molecule has 0 saturated carbocycles. The van der Waals surface area contributed by atoms with E-state index >= 15 is 0 Å². The number of aliphatic hydroxyl groups is 3. The Hall–Kier alpha value is -0.890. The van der Waals surface area contributed by atoms with E-state index in [9.17, 15) is 10.2 Å². The largest absolute Gasteiger partial charge is 0.454 e. The highest BCUT2D eigenvalue weighted by atomic mass is 16.6. The third-order valence-electron chi connectivity index (χ3n) is 4.15. The monoisotopic (exact) mass is 316 g/mol. The number of rotatable bonds is 8. The molecule has 7 nitrogen and oxygen atoms in total. The second-order valence-corrected chi connectivity index (χ2v) is 5.94. The van der Waals surface area contributed by atoms with Gasteiger partial charge >= 0.3 is 0 Å². The zero-order valence-corrected chi connectivity index (χ0v) is 13.1. The van der Waals surface area contributed by atoms with Gasteiger partial charge in [-0.1, -0.05) is 39.0 Å². The molecule has 0 aromatic heterocycles. The Morgan fingerprint density at radius 1 is 1.09 bits per heavy atom. The van der Waals surface area contributed by atoms with E-state index in [-0.39, 0.29) is 6.61 Å². The van der Waals surface area contributed by atoms with E-state index in [1.165, 1.54) is 25.7 Å². The highest BCUT2D eigenvalue weighted by Gasteiger charge is 2.49. The minimum absolute atomic E-state index is 0.341. The molecule has 2 aliphatic rings. The normalized spacial score (nSPS) is 36.0. The maximum atomic E-state index is 10.00. The molecular formula is C15H28N2O5. The summed E-state index contributed by atoms with van der Waals surface area (Å²) in [5, 5.41) is 31.9. The lowest BCUT2D eigenvalue weighted by molar-refractivity contribution is -0.214. The zero-order valence-electron chi connectivity index (χ0n) is 13.1. The van der Waals surface area contributed by atoms with Gasteiger partial charge in [0.15, 0.2) is 12.3 Å². The topological polar surface area (TPSA) is 104 Å². The number of aliphatic hydroxyl groups excluding tert-OH is 3. The summed E-state index contributed by atoms with van der Waals surface area (Å²) in [6, 6.07) is 0.341. The Morgan fingerprint density at radius 3 is 2.55 bits per heavy atom. The fourth-order valence-electron chi connectivity index (χ4n) is 2.78. The SMILES string of the molecule is CCCCCCCCN=C1N[C@@H]2O[C@H](CO)[C@@H](O)[C@H](O)[C@H]2O1. The van der Waals surface area contributed by atoms with E-state index in [0.717, 1.165) is 12.8 Å². The number of aliphatic imine (C=N–C) groups is 1. The van der Waals surface area contributed by atoms with E-state index < -0.39 is 30.6 Å². The highest BCUT2D eigenvalue weighted by molar-refractivity contribution is 5.76. The average Bonchev–Trinajstić information content (AvgIpc) is 2.93. The van der Waals surface area contributed by atoms with Crippen molar-refractivity contribution < 1.29 is 24.8 Å². The van der Waals surface area contributed by atoms with Crippen LogP contribution in [0.5, 0.6) is 0 Å². The number of hydrogen-bond acceptors (Lipinski definition) is 6. The van der Waals surface area contributed by atoms with Crippen molar-refractivity contribution in [2.75, 3.05) is 13.2 Å². The van der Waals surface area contributed by atoms with Gasteiger partial charge in [-0.15, -0.1) is 0 Å². The lowest BCUT2D eigenvalue weighted by Gasteiger charge is -2.36. The number of unbranched alkanes of at least 4 members (excludes halogenated alkanes) is 5. The van der Waals surface area contributed by atoms with Gasteiger partial charge in [-0.3, -0.25) is 0 Å². The van der Waals surface area contributed by atoms with Gasteiger partial charge in [-0.05, 0) is 6.42 Å². The predicted molar refractivity (Wildman–Crippen MR) is 81.4 cm³/mol. The smallest absolute Gasteiger partial charge is 0.287 e. The molecule has 0 aromatic rings. The third-order valence-corrected chi connectivity index (χ3v) is 4.15. The number of fused-ring (bicyclic) bond motifs is 1. The van der Waals surface area contributed by atoms with Gasteiger partial charge in [0.1, 0.15) is 18.3 Å². The van der Waals surface area contributed by atoms with Crippen LogP contribution in [0.2, 0.25) is 0 Å². The van der Waals surface area contributed by atoms with Gasteiger partial charge < -0.3 is 30.1 Å². The Balaban J connectivity index is 1.73. The van der Waals surface area contributed by atoms with Crippen LogP contribution in [0.4, 0.5) is 0 Å². The summed E-state index contributed by atoms with van der Waals surface area (Å²) in [6.07, 6.45) is 2.81. The molecule has 0 radical (unpaired) electrons. The predicted octanol–water partition coefficient (Wildman–Crippen LogP) is 0.130. The van der Waals surface area contributed by atoms with Crippen molar-refractivity contribution in [1.29, 1.82) is 0 Å². The van der Waals surface area contributed by atoms with E-state index in [0.29, 0.717) is 12.6 Å². The number of hydrogen-bond donors (Lipinski definition) is 4. The Labute approximate surface area is 131 Å². The second-order valence-electron chi connectivity index (χ2n) is 5.94. The fraction of sp³-hybridized carbons (Fsp3) is 0.933. The molecule has 2 aliphatic heterocycles. The zero-order chi connectivity index (χ0) is 15.9. The van der Waals surface area contributed by atoms with Crippen molar-refractivity contribution in [1.82, 2.24) is 5.32 Å². The summed E-state index contributed by atoms with van der Waals surface area (Å²) < 4.78 is 11.0. The van der Waals surface area contributed by atoms with Gasteiger partial charge in [0, 0.05) is 6.54 Å².